The first kappa shape index (κ1) is 126. The Labute approximate surface area is 332 Å². The summed E-state index contributed by atoms with van der Waals surface area (Å²) < 4.78 is 10.3. The van der Waals surface area contributed by atoms with Crippen LogP contribution in [0.1, 0.15) is 213 Å². The number of carboxylic acid groups (broad SMARTS) is 2. The number of hydrogen-bond donors (Lipinski definition) is 2. The minimum atomic E-state index is -0.848. The van der Waals surface area contributed by atoms with Crippen LogP contribution in [0.2, 0.25) is 0 Å². The van der Waals surface area contributed by atoms with E-state index in [-0.39, 0.29) is 194 Å². The maximum atomic E-state index is 12.1. The van der Waals surface area contributed by atoms with Gasteiger partial charge in [0, 0.05) is 21.0 Å². The van der Waals surface area contributed by atoms with E-state index >= 15 is 0 Å². The smallest absolute Gasteiger partial charge is 0.307 e. The molecule has 0 spiro atoms. The van der Waals surface area contributed by atoms with Gasteiger partial charge >= 0.3 is 23.9 Å². The molecule has 0 saturated heterocycles. The van der Waals surface area contributed by atoms with Crippen LogP contribution in [0.25, 0.3) is 0 Å². The molecule has 2 N–H and O–H groups in total. The molecule has 4 unspecified atom stereocenters. The van der Waals surface area contributed by atoms with E-state index in [1.54, 1.807) is 0 Å². The zero-order valence-corrected chi connectivity index (χ0v) is 21.2. The number of carbonyl (C=O) groups excluding carboxylic acids is 2. The summed E-state index contributed by atoms with van der Waals surface area (Å²) in [7, 11) is 0. The average molecular weight is 783 g/mol. The summed E-state index contributed by atoms with van der Waals surface area (Å²) in [4.78, 5) is 46.0. The molecule has 0 rings (SSSR count). The van der Waals surface area contributed by atoms with Crippen molar-refractivity contribution in [3.05, 3.63) is 0 Å². The summed E-state index contributed by atoms with van der Waals surface area (Å²) in [6.45, 7) is 7.69. The lowest BCUT2D eigenvalue weighted by Gasteiger charge is -2.20. The molecule has 0 bridgehead atoms. The van der Waals surface area contributed by atoms with Crippen molar-refractivity contribution in [3.63, 3.8) is 0 Å². The summed E-state index contributed by atoms with van der Waals surface area (Å²) >= 11 is 3.01. The summed E-state index contributed by atoms with van der Waals surface area (Å²) in [6.07, 6.45) is 3.37. The van der Waals surface area contributed by atoms with Crippen LogP contribution in [-0.2, 0) is 28.7 Å². The second-order valence-corrected chi connectivity index (χ2v) is 10.6. The van der Waals surface area contributed by atoms with Crippen molar-refractivity contribution in [2.75, 3.05) is 13.2 Å². The first-order valence-electron chi connectivity index (χ1n) is 11.2. The third-order valence-electron chi connectivity index (χ3n) is 4.79. The highest BCUT2D eigenvalue weighted by Crippen LogP contribution is 2.29. The molecule has 0 aliphatic heterocycles. The Bertz CT molecular complexity index is 542. The van der Waals surface area contributed by atoms with Gasteiger partial charge in [0.05, 0.1) is 25.7 Å². The molecule has 50 heavy (non-hydrogen) atoms. The van der Waals surface area contributed by atoms with E-state index in [1.165, 1.54) is 23.5 Å². The maximum Gasteiger partial charge on any atom is 0.307 e. The lowest BCUT2D eigenvalue weighted by molar-refractivity contribution is -0.152. The normalized spacial score (nSPS) is 9.44. The zero-order valence-electron chi connectivity index (χ0n) is 19.5. The van der Waals surface area contributed by atoms with Gasteiger partial charge in [0.25, 0.3) is 0 Å². The van der Waals surface area contributed by atoms with E-state index in [0.717, 1.165) is 12.8 Å². The second-order valence-electron chi connectivity index (χ2n) is 7.44. The van der Waals surface area contributed by atoms with Crippen molar-refractivity contribution < 1.29 is 38.9 Å². The van der Waals surface area contributed by atoms with Gasteiger partial charge in [-0.3, -0.25) is 19.2 Å². The van der Waals surface area contributed by atoms with Gasteiger partial charge in [-0.1, -0.05) is 161 Å². The largest absolute Gasteiger partial charge is 0.481 e. The second kappa shape index (κ2) is 77.2. The van der Waals surface area contributed by atoms with Crippen molar-refractivity contribution in [2.24, 2.45) is 0 Å². The number of carbonyl (C=O) groups is 4. The van der Waals surface area contributed by atoms with E-state index in [4.69, 9.17) is 19.7 Å². The van der Waals surface area contributed by atoms with Gasteiger partial charge in [0.1, 0.15) is 13.2 Å². The molecule has 8 nitrogen and oxygen atoms in total. The highest BCUT2D eigenvalue weighted by atomic mass is 32.2. The van der Waals surface area contributed by atoms with Crippen LogP contribution in [0.3, 0.4) is 0 Å². The number of esters is 2. The average Bonchev–Trinajstić information content (AvgIpc) is 2.73. The van der Waals surface area contributed by atoms with Crippen LogP contribution in [0, 0.1) is 0 Å². The van der Waals surface area contributed by atoms with Crippen molar-refractivity contribution in [2.45, 2.75) is 234 Å². The minimum absolute atomic E-state index is 0. The number of carboxylic acids is 2. The molecule has 0 aliphatic rings. The van der Waals surface area contributed by atoms with Crippen LogP contribution >= 0.6 is 23.5 Å². The Morgan fingerprint density at radius 1 is 0.400 bits per heavy atom. The van der Waals surface area contributed by atoms with Crippen molar-refractivity contribution in [1.29, 1.82) is 0 Å². The predicted octanol–water partition coefficient (Wildman–Crippen LogP) is 15.8. The molecule has 0 heterocycles. The Kier molecular flexibility index (Phi) is 194. The van der Waals surface area contributed by atoms with E-state index in [1.807, 2.05) is 27.7 Å². The zero-order chi connectivity index (χ0) is 24.5. The molecule has 0 fully saturated rings. The molecule has 0 aromatic rings. The standard InChI is InChI=1S/C22H38O8S2.18CH4/c1-5-15(11-19(23)24)31-17(7-3)13-21(27)29-9-10-30-22(28)14-18(8-4)32-16(6-2)12-20(25)26;;;;;;;;;;;;;;;;;;/h15-18H,5-14H2,1-4H3,(H,23,24)(H,25,26);18*1H4. The first-order chi connectivity index (χ1) is 15.1. The van der Waals surface area contributed by atoms with Crippen molar-refractivity contribution >= 4 is 47.4 Å². The van der Waals surface area contributed by atoms with E-state index in [0.29, 0.717) is 12.8 Å². The summed E-state index contributed by atoms with van der Waals surface area (Å²) in [6, 6.07) is 0. The van der Waals surface area contributed by atoms with Crippen LogP contribution in [0.15, 0.2) is 0 Å². The van der Waals surface area contributed by atoms with Crippen LogP contribution < -0.4 is 0 Å². The highest BCUT2D eigenvalue weighted by Gasteiger charge is 2.22. The molecule has 0 radical (unpaired) electrons. The lowest BCUT2D eigenvalue weighted by Crippen LogP contribution is -2.21. The van der Waals surface area contributed by atoms with E-state index in [9.17, 15) is 19.2 Å². The predicted molar refractivity (Wildman–Crippen MR) is 248 cm³/mol. The van der Waals surface area contributed by atoms with Gasteiger partial charge in [-0.05, 0) is 25.7 Å². The topological polar surface area (TPSA) is 127 Å². The van der Waals surface area contributed by atoms with Crippen molar-refractivity contribution in [1.82, 2.24) is 0 Å². The van der Waals surface area contributed by atoms with Gasteiger partial charge in [-0.25, -0.2) is 0 Å². The van der Waals surface area contributed by atoms with Gasteiger partial charge in [0.15, 0.2) is 0 Å². The SMILES string of the molecule is C.C.C.C.C.C.C.C.C.C.C.C.C.C.C.C.C.C.CCC(CC(=O)O)SC(CC)CC(=O)OCCOC(=O)CC(CC)SC(CC)CC(=O)O. The van der Waals surface area contributed by atoms with E-state index in [2.05, 4.69) is 0 Å². The van der Waals surface area contributed by atoms with Crippen molar-refractivity contribution in [3.8, 4) is 0 Å². The first-order valence-corrected chi connectivity index (χ1v) is 13.1. The number of rotatable bonds is 19. The molecule has 330 valence electrons. The fourth-order valence-corrected chi connectivity index (χ4v) is 5.69. The third-order valence-corrected chi connectivity index (χ3v) is 8.33. The van der Waals surface area contributed by atoms with Crippen LogP contribution in [0.4, 0.5) is 0 Å². The molecule has 0 aromatic carbocycles. The number of aliphatic carboxylic acids is 2. The monoisotopic (exact) mass is 783 g/mol. The van der Waals surface area contributed by atoms with Gasteiger partial charge in [-0.2, -0.15) is 23.5 Å². The molecule has 0 saturated carbocycles. The maximum absolute atomic E-state index is 12.1. The number of hydrogen-bond acceptors (Lipinski definition) is 8. The molecular weight excluding hydrogens is 673 g/mol. The number of ether oxygens (including phenoxy) is 2. The fourth-order valence-electron chi connectivity index (χ4n) is 2.89. The Balaban J connectivity index is -0.0000000314. The Morgan fingerprint density at radius 3 is 0.740 bits per heavy atom. The summed E-state index contributed by atoms with van der Waals surface area (Å²) in [5.41, 5.74) is 0. The van der Waals surface area contributed by atoms with Gasteiger partial charge in [0.2, 0.25) is 0 Å². The molecular formula is C40H110O8S2. The summed E-state index contributed by atoms with van der Waals surface area (Å²) in [5, 5.41) is 17.8. The van der Waals surface area contributed by atoms with E-state index < -0.39 is 23.9 Å². The third kappa shape index (κ3) is 68.5. The van der Waals surface area contributed by atoms with Crippen LogP contribution in [0.5, 0.6) is 0 Å². The molecule has 4 atom stereocenters. The van der Waals surface area contributed by atoms with Crippen LogP contribution in [-0.4, -0.2) is 68.3 Å². The summed E-state index contributed by atoms with van der Waals surface area (Å²) in [5.74, 6) is -2.49. The highest BCUT2D eigenvalue weighted by molar-refractivity contribution is 8.00. The molecule has 10 heteroatoms. The molecule has 0 aromatic heterocycles. The quantitative estimate of drug-likeness (QED) is 0.0965. The molecule has 0 amide bonds. The number of thioether (sulfide) groups is 2. The molecule has 0 aliphatic carbocycles. The Hall–Kier alpha value is -1.42. The lowest BCUT2D eigenvalue weighted by atomic mass is 10.2. The van der Waals surface area contributed by atoms with Gasteiger partial charge in [-0.15, -0.1) is 0 Å². The Morgan fingerprint density at radius 2 is 0.580 bits per heavy atom. The van der Waals surface area contributed by atoms with Gasteiger partial charge < -0.3 is 19.7 Å². The fraction of sp³-hybridized carbons (Fsp3) is 0.900. The minimum Gasteiger partial charge on any atom is -0.481 e.